The minimum atomic E-state index is 0.0590. The van der Waals surface area contributed by atoms with E-state index >= 15 is 0 Å². The molecule has 0 aliphatic rings. The molecule has 0 atom stereocenters. The number of hydrogen-bond acceptors (Lipinski definition) is 3. The van der Waals surface area contributed by atoms with Crippen molar-refractivity contribution in [2.75, 3.05) is 5.73 Å². The lowest BCUT2D eigenvalue weighted by atomic mass is 10.4. The van der Waals surface area contributed by atoms with Crippen molar-refractivity contribution in [3.05, 3.63) is 16.3 Å². The molecule has 0 saturated carbocycles. The van der Waals surface area contributed by atoms with Crippen molar-refractivity contribution in [1.82, 2.24) is 0 Å². The Kier molecular flexibility index (Phi) is 4.98. The fourth-order valence-electron chi connectivity index (χ4n) is 0.479. The van der Waals surface area contributed by atoms with E-state index in [1.165, 1.54) is 11.3 Å². The number of aliphatic hydroxyl groups excluding tert-OH is 1. The molecule has 0 fully saturated rings. The number of hydrogen-bond donors (Lipinski definition) is 2. The number of nitrogen functional groups attached to an aromatic ring is 1. The Labute approximate surface area is 65.3 Å². The van der Waals surface area contributed by atoms with Crippen LogP contribution in [0.15, 0.2) is 11.4 Å². The fraction of sp³-hybridized carbons (Fsp3) is 0.429. The summed E-state index contributed by atoms with van der Waals surface area (Å²) in [5.41, 5.74) is 6.09. The largest absolute Gasteiger partial charge is 0.398 e. The van der Waals surface area contributed by atoms with Gasteiger partial charge in [0.1, 0.15) is 0 Å². The first-order valence-corrected chi connectivity index (χ1v) is 4.15. The smallest absolute Gasteiger partial charge is 0.0795 e. The zero-order valence-corrected chi connectivity index (χ0v) is 7.11. The summed E-state index contributed by atoms with van der Waals surface area (Å²) in [4.78, 5) is 0.852. The molecule has 10 heavy (non-hydrogen) atoms. The van der Waals surface area contributed by atoms with Crippen molar-refractivity contribution >= 4 is 17.0 Å². The van der Waals surface area contributed by atoms with E-state index in [0.717, 1.165) is 4.88 Å². The maximum Gasteiger partial charge on any atom is 0.0795 e. The highest BCUT2D eigenvalue weighted by molar-refractivity contribution is 7.10. The van der Waals surface area contributed by atoms with Gasteiger partial charge in [-0.15, -0.1) is 11.3 Å². The summed E-state index contributed by atoms with van der Waals surface area (Å²) in [7, 11) is 0. The summed E-state index contributed by atoms with van der Waals surface area (Å²) >= 11 is 1.47. The Morgan fingerprint density at radius 1 is 1.60 bits per heavy atom. The third-order valence-corrected chi connectivity index (χ3v) is 1.84. The van der Waals surface area contributed by atoms with Crippen molar-refractivity contribution in [3.63, 3.8) is 0 Å². The Hall–Kier alpha value is -0.540. The van der Waals surface area contributed by atoms with E-state index < -0.39 is 0 Å². The molecule has 0 unspecified atom stereocenters. The molecule has 0 aliphatic heterocycles. The fourth-order valence-corrected chi connectivity index (χ4v) is 1.14. The molecule has 0 aromatic carbocycles. The molecular weight excluding hydrogens is 146 g/mol. The van der Waals surface area contributed by atoms with Crippen molar-refractivity contribution in [2.24, 2.45) is 0 Å². The van der Waals surface area contributed by atoms with E-state index in [2.05, 4.69) is 0 Å². The van der Waals surface area contributed by atoms with Gasteiger partial charge in [0, 0.05) is 5.69 Å². The lowest BCUT2D eigenvalue weighted by Crippen LogP contribution is -1.85. The van der Waals surface area contributed by atoms with Gasteiger partial charge in [0.25, 0.3) is 0 Å². The highest BCUT2D eigenvalue weighted by Crippen LogP contribution is 2.17. The number of aliphatic hydroxyl groups is 1. The van der Waals surface area contributed by atoms with Gasteiger partial charge in [-0.1, -0.05) is 13.8 Å². The Morgan fingerprint density at radius 3 is 2.40 bits per heavy atom. The summed E-state index contributed by atoms with van der Waals surface area (Å²) in [6.45, 7) is 4.06. The van der Waals surface area contributed by atoms with Gasteiger partial charge in [-0.05, 0) is 11.4 Å². The molecule has 3 N–H and O–H groups in total. The molecule has 1 rings (SSSR count). The molecule has 0 radical (unpaired) electrons. The van der Waals surface area contributed by atoms with Gasteiger partial charge in [0.05, 0.1) is 11.5 Å². The second kappa shape index (κ2) is 5.26. The molecule has 0 aliphatic carbocycles. The Bertz CT molecular complexity index is 174. The highest BCUT2D eigenvalue weighted by atomic mass is 32.1. The molecule has 3 heteroatoms. The van der Waals surface area contributed by atoms with Gasteiger partial charge < -0.3 is 10.8 Å². The van der Waals surface area contributed by atoms with Crippen LogP contribution in [-0.4, -0.2) is 5.11 Å². The average molecular weight is 159 g/mol. The third kappa shape index (κ3) is 2.37. The second-order valence-electron chi connectivity index (χ2n) is 1.46. The predicted octanol–water partition coefficient (Wildman–Crippen LogP) is 1.85. The third-order valence-electron chi connectivity index (χ3n) is 0.923. The van der Waals surface area contributed by atoms with Crippen molar-refractivity contribution in [2.45, 2.75) is 20.5 Å². The van der Waals surface area contributed by atoms with Crippen molar-refractivity contribution in [1.29, 1.82) is 0 Å². The standard InChI is InChI=1S/C5H7NOS.C2H6/c6-4-1-2-8-5(4)3-7;1-2/h1-2,7H,3,6H2;1-2H3. The lowest BCUT2D eigenvalue weighted by Gasteiger charge is -1.87. The zero-order valence-electron chi connectivity index (χ0n) is 6.29. The second-order valence-corrected chi connectivity index (χ2v) is 2.46. The maximum absolute atomic E-state index is 8.54. The quantitative estimate of drug-likeness (QED) is 0.657. The van der Waals surface area contributed by atoms with Gasteiger partial charge in [-0.3, -0.25) is 0 Å². The minimum absolute atomic E-state index is 0.0590. The van der Waals surface area contributed by atoms with Crippen LogP contribution in [0, 0.1) is 0 Å². The number of anilines is 1. The monoisotopic (exact) mass is 159 g/mol. The molecule has 1 aromatic heterocycles. The summed E-state index contributed by atoms with van der Waals surface area (Å²) in [6.07, 6.45) is 0. The maximum atomic E-state index is 8.54. The van der Waals surface area contributed by atoms with Crippen LogP contribution in [0.25, 0.3) is 0 Å². The predicted molar refractivity (Wildman–Crippen MR) is 46.0 cm³/mol. The van der Waals surface area contributed by atoms with Gasteiger partial charge in [-0.25, -0.2) is 0 Å². The van der Waals surface area contributed by atoms with E-state index in [9.17, 15) is 0 Å². The first kappa shape index (κ1) is 9.46. The number of rotatable bonds is 1. The van der Waals surface area contributed by atoms with Crippen molar-refractivity contribution in [3.8, 4) is 0 Å². The van der Waals surface area contributed by atoms with Gasteiger partial charge >= 0.3 is 0 Å². The van der Waals surface area contributed by atoms with Crippen LogP contribution in [0.5, 0.6) is 0 Å². The summed E-state index contributed by atoms with van der Waals surface area (Å²) in [6, 6.07) is 1.79. The molecule has 0 saturated heterocycles. The first-order valence-electron chi connectivity index (χ1n) is 3.27. The summed E-state index contributed by atoms with van der Waals surface area (Å²) in [5.74, 6) is 0. The van der Waals surface area contributed by atoms with Crippen molar-refractivity contribution < 1.29 is 5.11 Å². The summed E-state index contributed by atoms with van der Waals surface area (Å²) in [5, 5.41) is 10.4. The molecule has 0 amide bonds. The number of nitrogens with two attached hydrogens (primary N) is 1. The highest BCUT2D eigenvalue weighted by Gasteiger charge is 1.94. The van der Waals surface area contributed by atoms with E-state index in [-0.39, 0.29) is 6.61 Å². The molecular formula is C7H13NOS. The van der Waals surface area contributed by atoms with Crippen LogP contribution in [0.2, 0.25) is 0 Å². The van der Waals surface area contributed by atoms with Crippen LogP contribution in [-0.2, 0) is 6.61 Å². The van der Waals surface area contributed by atoms with Crippen LogP contribution < -0.4 is 5.73 Å². The van der Waals surface area contributed by atoms with Gasteiger partial charge in [0.2, 0.25) is 0 Å². The normalized spacial score (nSPS) is 8.30. The first-order chi connectivity index (χ1) is 4.84. The molecule has 1 aromatic rings. The van der Waals surface area contributed by atoms with Gasteiger partial charge in [0.15, 0.2) is 0 Å². The molecule has 58 valence electrons. The lowest BCUT2D eigenvalue weighted by molar-refractivity contribution is 0.286. The average Bonchev–Trinajstić information content (AvgIpc) is 2.39. The molecule has 2 nitrogen and oxygen atoms in total. The van der Waals surface area contributed by atoms with Crippen LogP contribution >= 0.6 is 11.3 Å². The van der Waals surface area contributed by atoms with E-state index in [4.69, 9.17) is 10.8 Å². The summed E-state index contributed by atoms with van der Waals surface area (Å²) < 4.78 is 0. The Morgan fingerprint density at radius 2 is 2.20 bits per heavy atom. The molecule has 0 spiro atoms. The van der Waals surface area contributed by atoms with Crippen LogP contribution in [0.1, 0.15) is 18.7 Å². The van der Waals surface area contributed by atoms with E-state index in [0.29, 0.717) is 5.69 Å². The molecule has 0 bridgehead atoms. The van der Waals surface area contributed by atoms with E-state index in [1.54, 1.807) is 6.07 Å². The van der Waals surface area contributed by atoms with Gasteiger partial charge in [-0.2, -0.15) is 0 Å². The van der Waals surface area contributed by atoms with Crippen LogP contribution in [0.3, 0.4) is 0 Å². The number of thiophene rings is 1. The van der Waals surface area contributed by atoms with Crippen LogP contribution in [0.4, 0.5) is 5.69 Å². The zero-order chi connectivity index (χ0) is 7.98. The minimum Gasteiger partial charge on any atom is -0.398 e. The Balaban J connectivity index is 0.000000371. The van der Waals surface area contributed by atoms with E-state index in [1.807, 2.05) is 19.2 Å². The SMILES string of the molecule is CC.Nc1ccsc1CO. The molecule has 1 heterocycles. The topological polar surface area (TPSA) is 46.2 Å².